The molecule has 0 bridgehead atoms. The standard InChI is InChI=1S/C14H18N2O/c1-12(17)6-5-9-16-11-14(10-15-16)13-7-3-2-4-8-13/h2-4,7-8,10-12,17H,5-6,9H2,1H3. The largest absolute Gasteiger partial charge is 0.393 e. The molecular formula is C14H18N2O. The van der Waals surface area contributed by atoms with Crippen molar-refractivity contribution in [2.75, 3.05) is 0 Å². The number of benzene rings is 1. The lowest BCUT2D eigenvalue weighted by Crippen LogP contribution is -2.04. The highest BCUT2D eigenvalue weighted by Gasteiger charge is 2.01. The maximum Gasteiger partial charge on any atom is 0.0568 e. The summed E-state index contributed by atoms with van der Waals surface area (Å²) in [6, 6.07) is 10.2. The van der Waals surface area contributed by atoms with Gasteiger partial charge in [0.2, 0.25) is 0 Å². The Morgan fingerprint density at radius 2 is 2.00 bits per heavy atom. The van der Waals surface area contributed by atoms with Gasteiger partial charge in [0, 0.05) is 18.3 Å². The first kappa shape index (κ1) is 11.9. The Hall–Kier alpha value is -1.61. The number of aliphatic hydroxyl groups is 1. The summed E-state index contributed by atoms with van der Waals surface area (Å²) in [5.74, 6) is 0. The van der Waals surface area contributed by atoms with E-state index in [2.05, 4.69) is 23.4 Å². The monoisotopic (exact) mass is 230 g/mol. The van der Waals surface area contributed by atoms with E-state index in [0.717, 1.165) is 24.9 Å². The predicted octanol–water partition coefficient (Wildman–Crippen LogP) is 2.71. The quantitative estimate of drug-likeness (QED) is 0.857. The SMILES string of the molecule is CC(O)CCCn1cc(-c2ccccc2)cn1. The molecule has 0 radical (unpaired) electrons. The van der Waals surface area contributed by atoms with E-state index in [-0.39, 0.29) is 6.10 Å². The third kappa shape index (κ3) is 3.43. The van der Waals surface area contributed by atoms with E-state index in [1.54, 1.807) is 0 Å². The Morgan fingerprint density at radius 1 is 1.24 bits per heavy atom. The van der Waals surface area contributed by atoms with Gasteiger partial charge in [-0.3, -0.25) is 4.68 Å². The molecule has 0 fully saturated rings. The highest BCUT2D eigenvalue weighted by molar-refractivity contribution is 5.61. The van der Waals surface area contributed by atoms with E-state index < -0.39 is 0 Å². The van der Waals surface area contributed by atoms with E-state index in [9.17, 15) is 5.11 Å². The summed E-state index contributed by atoms with van der Waals surface area (Å²) in [6.07, 6.45) is 5.49. The molecule has 0 aliphatic heterocycles. The second-order valence-corrected chi connectivity index (χ2v) is 4.35. The van der Waals surface area contributed by atoms with Crippen molar-refractivity contribution in [3.63, 3.8) is 0 Å². The number of aryl methyl sites for hydroxylation is 1. The molecule has 1 N–H and O–H groups in total. The van der Waals surface area contributed by atoms with Crippen LogP contribution in [-0.2, 0) is 6.54 Å². The van der Waals surface area contributed by atoms with Gasteiger partial charge in [-0.2, -0.15) is 5.10 Å². The minimum absolute atomic E-state index is 0.223. The van der Waals surface area contributed by atoms with Crippen LogP contribution in [-0.4, -0.2) is 21.0 Å². The lowest BCUT2D eigenvalue weighted by atomic mass is 10.1. The summed E-state index contributed by atoms with van der Waals surface area (Å²) in [5, 5.41) is 13.5. The summed E-state index contributed by atoms with van der Waals surface area (Å²) in [5.41, 5.74) is 2.33. The van der Waals surface area contributed by atoms with Crippen molar-refractivity contribution in [1.29, 1.82) is 0 Å². The van der Waals surface area contributed by atoms with Crippen molar-refractivity contribution in [1.82, 2.24) is 9.78 Å². The molecule has 17 heavy (non-hydrogen) atoms. The topological polar surface area (TPSA) is 38.0 Å². The van der Waals surface area contributed by atoms with Crippen LogP contribution in [0.5, 0.6) is 0 Å². The Kier molecular flexibility index (Phi) is 3.94. The predicted molar refractivity (Wildman–Crippen MR) is 68.6 cm³/mol. The Balaban J connectivity index is 1.97. The Labute approximate surface area is 102 Å². The van der Waals surface area contributed by atoms with Gasteiger partial charge in [-0.1, -0.05) is 30.3 Å². The fourth-order valence-electron chi connectivity index (χ4n) is 1.81. The molecule has 90 valence electrons. The Bertz CT molecular complexity index is 448. The molecule has 1 atom stereocenters. The fourth-order valence-corrected chi connectivity index (χ4v) is 1.81. The van der Waals surface area contributed by atoms with Crippen LogP contribution in [0.25, 0.3) is 11.1 Å². The van der Waals surface area contributed by atoms with Crippen LogP contribution in [0.2, 0.25) is 0 Å². The number of hydrogen-bond donors (Lipinski definition) is 1. The first-order valence-corrected chi connectivity index (χ1v) is 6.01. The molecule has 0 amide bonds. The van der Waals surface area contributed by atoms with Gasteiger partial charge in [0.25, 0.3) is 0 Å². The summed E-state index contributed by atoms with van der Waals surface area (Å²) >= 11 is 0. The molecule has 0 aliphatic rings. The first-order valence-electron chi connectivity index (χ1n) is 6.01. The fraction of sp³-hybridized carbons (Fsp3) is 0.357. The molecule has 2 aromatic rings. The number of rotatable bonds is 5. The van der Waals surface area contributed by atoms with Crippen molar-refractivity contribution in [3.8, 4) is 11.1 Å². The zero-order chi connectivity index (χ0) is 12.1. The summed E-state index contributed by atoms with van der Waals surface area (Å²) < 4.78 is 1.94. The second-order valence-electron chi connectivity index (χ2n) is 4.35. The van der Waals surface area contributed by atoms with Crippen LogP contribution >= 0.6 is 0 Å². The van der Waals surface area contributed by atoms with Crippen molar-refractivity contribution < 1.29 is 5.11 Å². The minimum Gasteiger partial charge on any atom is -0.393 e. The normalized spacial score (nSPS) is 12.6. The molecule has 0 spiro atoms. The van der Waals surface area contributed by atoms with E-state index >= 15 is 0 Å². The number of aromatic nitrogens is 2. The van der Waals surface area contributed by atoms with E-state index in [0.29, 0.717) is 0 Å². The maximum absolute atomic E-state index is 9.18. The minimum atomic E-state index is -0.223. The third-order valence-electron chi connectivity index (χ3n) is 2.75. The zero-order valence-electron chi connectivity index (χ0n) is 10.1. The molecule has 2 rings (SSSR count). The number of hydrogen-bond acceptors (Lipinski definition) is 2. The molecule has 3 heteroatoms. The summed E-state index contributed by atoms with van der Waals surface area (Å²) in [4.78, 5) is 0. The maximum atomic E-state index is 9.18. The van der Waals surface area contributed by atoms with E-state index in [1.807, 2.05) is 36.0 Å². The van der Waals surface area contributed by atoms with E-state index in [4.69, 9.17) is 0 Å². The summed E-state index contributed by atoms with van der Waals surface area (Å²) in [7, 11) is 0. The average molecular weight is 230 g/mol. The Morgan fingerprint density at radius 3 is 2.71 bits per heavy atom. The van der Waals surface area contributed by atoms with Gasteiger partial charge in [0.1, 0.15) is 0 Å². The van der Waals surface area contributed by atoms with Gasteiger partial charge >= 0.3 is 0 Å². The summed E-state index contributed by atoms with van der Waals surface area (Å²) in [6.45, 7) is 2.68. The highest BCUT2D eigenvalue weighted by atomic mass is 16.3. The number of aliphatic hydroxyl groups excluding tert-OH is 1. The number of nitrogens with zero attached hydrogens (tertiary/aromatic N) is 2. The van der Waals surface area contributed by atoms with Crippen LogP contribution in [0.1, 0.15) is 19.8 Å². The van der Waals surface area contributed by atoms with Crippen LogP contribution < -0.4 is 0 Å². The molecule has 1 heterocycles. The molecule has 0 saturated carbocycles. The highest BCUT2D eigenvalue weighted by Crippen LogP contribution is 2.17. The first-order chi connectivity index (χ1) is 8.25. The van der Waals surface area contributed by atoms with Gasteiger partial charge in [0.05, 0.1) is 12.3 Å². The van der Waals surface area contributed by atoms with Crippen molar-refractivity contribution in [3.05, 3.63) is 42.7 Å². The molecule has 1 unspecified atom stereocenters. The van der Waals surface area contributed by atoms with Crippen molar-refractivity contribution in [2.24, 2.45) is 0 Å². The molecule has 0 saturated heterocycles. The lowest BCUT2D eigenvalue weighted by Gasteiger charge is -2.03. The molecule has 0 aliphatic carbocycles. The van der Waals surface area contributed by atoms with Gasteiger partial charge in [0.15, 0.2) is 0 Å². The van der Waals surface area contributed by atoms with Crippen molar-refractivity contribution >= 4 is 0 Å². The van der Waals surface area contributed by atoms with Gasteiger partial charge in [-0.25, -0.2) is 0 Å². The van der Waals surface area contributed by atoms with Crippen LogP contribution in [0, 0.1) is 0 Å². The lowest BCUT2D eigenvalue weighted by molar-refractivity contribution is 0.179. The van der Waals surface area contributed by atoms with E-state index in [1.165, 1.54) is 5.56 Å². The van der Waals surface area contributed by atoms with Crippen LogP contribution in [0.4, 0.5) is 0 Å². The third-order valence-corrected chi connectivity index (χ3v) is 2.75. The smallest absolute Gasteiger partial charge is 0.0568 e. The second kappa shape index (κ2) is 5.64. The zero-order valence-corrected chi connectivity index (χ0v) is 10.1. The average Bonchev–Trinajstić information content (AvgIpc) is 2.78. The van der Waals surface area contributed by atoms with Crippen LogP contribution in [0.3, 0.4) is 0 Å². The van der Waals surface area contributed by atoms with Gasteiger partial charge in [-0.15, -0.1) is 0 Å². The van der Waals surface area contributed by atoms with Crippen molar-refractivity contribution in [2.45, 2.75) is 32.4 Å². The molecule has 1 aromatic carbocycles. The molecular weight excluding hydrogens is 212 g/mol. The molecule has 3 nitrogen and oxygen atoms in total. The van der Waals surface area contributed by atoms with Gasteiger partial charge in [-0.05, 0) is 25.3 Å². The molecule has 1 aromatic heterocycles. The van der Waals surface area contributed by atoms with Crippen LogP contribution in [0.15, 0.2) is 42.7 Å². The van der Waals surface area contributed by atoms with Gasteiger partial charge < -0.3 is 5.11 Å².